The predicted molar refractivity (Wildman–Crippen MR) is 134 cm³/mol. The van der Waals surface area contributed by atoms with Gasteiger partial charge in [0, 0.05) is 24.3 Å². The summed E-state index contributed by atoms with van der Waals surface area (Å²) in [4.78, 5) is 0. The lowest BCUT2D eigenvalue weighted by molar-refractivity contribution is 0.297. The lowest BCUT2D eigenvalue weighted by Gasteiger charge is -2.27. The zero-order valence-electron chi connectivity index (χ0n) is 20.1. The SMILES string of the molecule is CCCCOc1cc(CCO)ccc1C1=C(O)C(c2ccc(CCO)cc2OCCCC)=C1O. The number of aliphatic hydroxyl groups excluding tert-OH is 4. The quantitative estimate of drug-likeness (QED) is 0.278. The van der Waals surface area contributed by atoms with E-state index in [4.69, 9.17) is 9.47 Å². The van der Waals surface area contributed by atoms with Crippen molar-refractivity contribution < 1.29 is 29.9 Å². The largest absolute Gasteiger partial charge is 0.506 e. The molecule has 0 unspecified atom stereocenters. The number of unbranched alkanes of at least 4 members (excludes halogenated alkanes) is 2. The van der Waals surface area contributed by atoms with Crippen molar-refractivity contribution >= 4 is 11.1 Å². The van der Waals surface area contributed by atoms with Crippen LogP contribution in [0.25, 0.3) is 11.1 Å². The second kappa shape index (κ2) is 12.5. The highest BCUT2D eigenvalue weighted by Gasteiger charge is 2.34. The van der Waals surface area contributed by atoms with E-state index < -0.39 is 0 Å². The van der Waals surface area contributed by atoms with Gasteiger partial charge in [-0.25, -0.2) is 0 Å². The lowest BCUT2D eigenvalue weighted by Crippen LogP contribution is -2.14. The van der Waals surface area contributed by atoms with Crippen LogP contribution in [0.4, 0.5) is 0 Å². The first kappa shape index (κ1) is 25.7. The van der Waals surface area contributed by atoms with Crippen LogP contribution in [-0.4, -0.2) is 46.9 Å². The summed E-state index contributed by atoms with van der Waals surface area (Å²) in [5.41, 5.74) is 3.76. The van der Waals surface area contributed by atoms with Gasteiger partial charge in [0.1, 0.15) is 23.0 Å². The Morgan fingerprint density at radius 1 is 0.647 bits per heavy atom. The van der Waals surface area contributed by atoms with Gasteiger partial charge in [0.15, 0.2) is 0 Å². The summed E-state index contributed by atoms with van der Waals surface area (Å²) in [6.45, 7) is 5.28. The average Bonchev–Trinajstić information content (AvgIpc) is 2.83. The molecule has 0 fully saturated rings. The van der Waals surface area contributed by atoms with E-state index in [1.54, 1.807) is 0 Å². The van der Waals surface area contributed by atoms with Crippen molar-refractivity contribution in [2.75, 3.05) is 26.4 Å². The molecule has 0 bridgehead atoms. The zero-order valence-corrected chi connectivity index (χ0v) is 20.1. The maximum absolute atomic E-state index is 11.1. The van der Waals surface area contributed by atoms with Crippen LogP contribution in [0.2, 0.25) is 0 Å². The first-order chi connectivity index (χ1) is 16.5. The van der Waals surface area contributed by atoms with Crippen LogP contribution in [0.5, 0.6) is 11.5 Å². The standard InChI is InChI=1S/C28H36O6/c1-3-5-15-33-23-17-19(11-13-29)7-9-21(23)25-27(31)26(28(25)32)22-10-8-20(12-14-30)18-24(22)34-16-6-4-2/h7-10,17-18,29-32H,3-6,11-16H2,1-2H3. The van der Waals surface area contributed by atoms with Crippen molar-refractivity contribution in [2.24, 2.45) is 0 Å². The van der Waals surface area contributed by atoms with Crippen molar-refractivity contribution in [3.63, 3.8) is 0 Å². The molecule has 2 aromatic rings. The number of rotatable bonds is 14. The molecule has 0 aromatic heterocycles. The summed E-state index contributed by atoms with van der Waals surface area (Å²) in [5, 5.41) is 40.7. The Bertz CT molecular complexity index is 943. The van der Waals surface area contributed by atoms with Gasteiger partial charge in [-0.15, -0.1) is 0 Å². The number of benzene rings is 2. The summed E-state index contributed by atoms with van der Waals surface area (Å²) in [7, 11) is 0. The second-order valence-electron chi connectivity index (χ2n) is 8.46. The molecule has 4 N–H and O–H groups in total. The van der Waals surface area contributed by atoms with Crippen LogP contribution in [-0.2, 0) is 12.8 Å². The fourth-order valence-electron chi connectivity index (χ4n) is 3.93. The van der Waals surface area contributed by atoms with Gasteiger partial charge in [-0.05, 0) is 48.9 Å². The first-order valence-electron chi connectivity index (χ1n) is 12.2. The third-order valence-corrected chi connectivity index (χ3v) is 5.89. The molecule has 3 rings (SSSR count). The van der Waals surface area contributed by atoms with Gasteiger partial charge >= 0.3 is 0 Å². The Morgan fingerprint density at radius 3 is 1.41 bits per heavy atom. The van der Waals surface area contributed by atoms with Gasteiger partial charge < -0.3 is 29.9 Å². The van der Waals surface area contributed by atoms with Crippen LogP contribution in [0.1, 0.15) is 61.8 Å². The molecule has 0 heterocycles. The lowest BCUT2D eigenvalue weighted by atomic mass is 9.83. The van der Waals surface area contributed by atoms with E-state index in [0.29, 0.717) is 59.8 Å². The number of allylic oxidation sites excluding steroid dienone is 2. The summed E-state index contributed by atoms with van der Waals surface area (Å²) in [6.07, 6.45) is 4.76. The van der Waals surface area contributed by atoms with Gasteiger partial charge in [-0.1, -0.05) is 51.0 Å². The maximum Gasteiger partial charge on any atom is 0.139 e. The molecular formula is C28H36O6. The fraction of sp³-hybridized carbons (Fsp3) is 0.429. The van der Waals surface area contributed by atoms with E-state index >= 15 is 0 Å². The van der Waals surface area contributed by atoms with E-state index in [1.807, 2.05) is 36.4 Å². The van der Waals surface area contributed by atoms with Gasteiger partial charge in [-0.2, -0.15) is 0 Å². The average molecular weight is 469 g/mol. The Morgan fingerprint density at radius 2 is 1.06 bits per heavy atom. The van der Waals surface area contributed by atoms with Gasteiger partial charge in [0.05, 0.1) is 24.4 Å². The Hall–Kier alpha value is -2.96. The van der Waals surface area contributed by atoms with Crippen LogP contribution in [0.15, 0.2) is 47.9 Å². The molecule has 0 saturated heterocycles. The van der Waals surface area contributed by atoms with Crippen molar-refractivity contribution in [2.45, 2.75) is 52.4 Å². The molecule has 184 valence electrons. The summed E-state index contributed by atoms with van der Waals surface area (Å²) < 4.78 is 12.0. The topological polar surface area (TPSA) is 99.4 Å². The van der Waals surface area contributed by atoms with Crippen molar-refractivity contribution in [1.82, 2.24) is 0 Å². The molecule has 0 radical (unpaired) electrons. The van der Waals surface area contributed by atoms with Gasteiger partial charge in [0.2, 0.25) is 0 Å². The smallest absolute Gasteiger partial charge is 0.139 e. The molecule has 1 aliphatic carbocycles. The number of hydrogen-bond donors (Lipinski definition) is 4. The van der Waals surface area contributed by atoms with Crippen LogP contribution >= 0.6 is 0 Å². The summed E-state index contributed by atoms with van der Waals surface area (Å²) in [5.74, 6) is 1.12. The molecule has 2 aromatic carbocycles. The minimum atomic E-state index is -0.0111. The van der Waals surface area contributed by atoms with Crippen molar-refractivity contribution in [3.05, 3.63) is 70.2 Å². The van der Waals surface area contributed by atoms with Crippen molar-refractivity contribution in [3.8, 4) is 11.5 Å². The predicted octanol–water partition coefficient (Wildman–Crippen LogP) is 5.37. The van der Waals surface area contributed by atoms with Gasteiger partial charge in [-0.3, -0.25) is 0 Å². The van der Waals surface area contributed by atoms with Crippen molar-refractivity contribution in [1.29, 1.82) is 0 Å². The van der Waals surface area contributed by atoms with E-state index in [2.05, 4.69) is 13.8 Å². The highest BCUT2D eigenvalue weighted by atomic mass is 16.5. The molecular weight excluding hydrogens is 432 g/mol. The minimum absolute atomic E-state index is 0.0111. The Labute approximate surface area is 201 Å². The normalized spacial score (nSPS) is 13.3. The van der Waals surface area contributed by atoms with E-state index in [1.165, 1.54) is 0 Å². The zero-order chi connectivity index (χ0) is 24.5. The molecule has 6 nitrogen and oxygen atoms in total. The van der Waals surface area contributed by atoms with Crippen LogP contribution in [0, 0.1) is 0 Å². The van der Waals surface area contributed by atoms with E-state index in [9.17, 15) is 20.4 Å². The van der Waals surface area contributed by atoms with Crippen LogP contribution < -0.4 is 9.47 Å². The minimum Gasteiger partial charge on any atom is -0.506 e. The number of aliphatic hydroxyl groups is 4. The summed E-state index contributed by atoms with van der Waals surface area (Å²) in [6, 6.07) is 11.1. The monoisotopic (exact) mass is 468 g/mol. The molecule has 0 amide bonds. The summed E-state index contributed by atoms with van der Waals surface area (Å²) >= 11 is 0. The maximum atomic E-state index is 11.1. The number of ether oxygens (including phenoxy) is 2. The highest BCUT2D eigenvalue weighted by molar-refractivity contribution is 6.07. The molecule has 0 saturated carbocycles. The first-order valence-corrected chi connectivity index (χ1v) is 12.2. The van der Waals surface area contributed by atoms with Crippen LogP contribution in [0.3, 0.4) is 0 Å². The number of hydrogen-bond acceptors (Lipinski definition) is 6. The second-order valence-corrected chi connectivity index (χ2v) is 8.46. The highest BCUT2D eigenvalue weighted by Crippen LogP contribution is 2.49. The molecule has 34 heavy (non-hydrogen) atoms. The molecule has 0 spiro atoms. The van der Waals surface area contributed by atoms with E-state index in [0.717, 1.165) is 36.8 Å². The molecule has 6 heteroatoms. The Balaban J connectivity index is 1.96. The molecule has 1 aliphatic rings. The molecule has 0 atom stereocenters. The molecule has 0 aliphatic heterocycles. The fourth-order valence-corrected chi connectivity index (χ4v) is 3.93. The Kier molecular flexibility index (Phi) is 9.42. The van der Waals surface area contributed by atoms with Gasteiger partial charge in [0.25, 0.3) is 0 Å². The third kappa shape index (κ3) is 5.75. The van der Waals surface area contributed by atoms with E-state index in [-0.39, 0.29) is 24.7 Å². The third-order valence-electron chi connectivity index (χ3n) is 5.89.